The molecule has 7 nitrogen and oxygen atoms in total. The van der Waals surface area contributed by atoms with Gasteiger partial charge in [-0.3, -0.25) is 4.79 Å². The molecule has 24 heavy (non-hydrogen) atoms. The zero-order valence-corrected chi connectivity index (χ0v) is 13.7. The monoisotopic (exact) mass is 347 g/mol. The van der Waals surface area contributed by atoms with Crippen molar-refractivity contribution in [2.75, 3.05) is 6.54 Å². The fraction of sp³-hybridized carbons (Fsp3) is 0.125. The molecule has 0 fully saturated rings. The number of rotatable bonds is 6. The molecule has 0 saturated carbocycles. The number of hydrogen-bond donors (Lipinski definition) is 3. The summed E-state index contributed by atoms with van der Waals surface area (Å²) in [6.07, 6.45) is 0. The third-order valence-corrected chi connectivity index (χ3v) is 4.53. The van der Waals surface area contributed by atoms with E-state index in [0.29, 0.717) is 5.71 Å². The summed E-state index contributed by atoms with van der Waals surface area (Å²) in [6.45, 7) is 1.25. The maximum atomic E-state index is 12.0. The van der Waals surface area contributed by atoms with Crippen molar-refractivity contribution >= 4 is 21.6 Å². The molecule has 126 valence electrons. The summed E-state index contributed by atoms with van der Waals surface area (Å²) in [6, 6.07) is 14.1. The number of benzene rings is 2. The molecule has 0 aliphatic rings. The first kappa shape index (κ1) is 17.6. The van der Waals surface area contributed by atoms with Crippen molar-refractivity contribution in [2.45, 2.75) is 11.8 Å². The first-order chi connectivity index (χ1) is 11.4. The lowest BCUT2D eigenvalue weighted by Gasteiger charge is -2.06. The molecule has 0 aromatic heterocycles. The summed E-state index contributed by atoms with van der Waals surface area (Å²) >= 11 is 0. The summed E-state index contributed by atoms with van der Waals surface area (Å²) in [5.41, 5.74) is 3.52. The Kier molecular flexibility index (Phi) is 5.67. The molecule has 2 aromatic carbocycles. The van der Waals surface area contributed by atoms with E-state index in [-0.39, 0.29) is 10.6 Å². The number of amides is 1. The van der Waals surface area contributed by atoms with Crippen LogP contribution in [0.2, 0.25) is 0 Å². The van der Waals surface area contributed by atoms with Gasteiger partial charge in [-0.2, -0.15) is 5.10 Å². The maximum absolute atomic E-state index is 12.0. The summed E-state index contributed by atoms with van der Waals surface area (Å²) in [5, 5.41) is 13.1. The van der Waals surface area contributed by atoms with Gasteiger partial charge in [0.1, 0.15) is 5.75 Å². The predicted octanol–water partition coefficient (Wildman–Crippen LogP) is 1.21. The van der Waals surface area contributed by atoms with Gasteiger partial charge in [0, 0.05) is 0 Å². The number of hydrogen-bond acceptors (Lipinski definition) is 5. The number of sulfonamides is 1. The Hall–Kier alpha value is -2.71. The molecule has 8 heteroatoms. The van der Waals surface area contributed by atoms with Crippen molar-refractivity contribution < 1.29 is 18.3 Å². The van der Waals surface area contributed by atoms with Crippen molar-refractivity contribution in [1.29, 1.82) is 0 Å². The van der Waals surface area contributed by atoms with Gasteiger partial charge >= 0.3 is 0 Å². The van der Waals surface area contributed by atoms with E-state index < -0.39 is 22.5 Å². The lowest BCUT2D eigenvalue weighted by Crippen LogP contribution is -2.35. The number of nitrogens with zero attached hydrogens (tertiary/aromatic N) is 1. The third-order valence-electron chi connectivity index (χ3n) is 3.11. The van der Waals surface area contributed by atoms with Crippen molar-refractivity contribution in [3.63, 3.8) is 0 Å². The second kappa shape index (κ2) is 7.71. The van der Waals surface area contributed by atoms with Gasteiger partial charge in [-0.15, -0.1) is 0 Å². The van der Waals surface area contributed by atoms with E-state index >= 15 is 0 Å². The van der Waals surface area contributed by atoms with Crippen molar-refractivity contribution in [2.24, 2.45) is 5.10 Å². The quantitative estimate of drug-likeness (QED) is 0.539. The van der Waals surface area contributed by atoms with Crippen LogP contribution in [0.1, 0.15) is 12.5 Å². The van der Waals surface area contributed by atoms with E-state index in [9.17, 15) is 18.3 Å². The molecular weight excluding hydrogens is 330 g/mol. The minimum absolute atomic E-state index is 0.0848. The standard InChI is InChI=1S/C16H17N3O4S/c1-12(13-7-9-14(20)10-8-13)18-19-16(21)11-17-24(22,23)15-5-3-2-4-6-15/h2-10,17,20H,11H2,1H3,(H,19,21)/b18-12+. The first-order valence-corrected chi connectivity index (χ1v) is 8.54. The van der Waals surface area contributed by atoms with Crippen molar-refractivity contribution in [3.05, 3.63) is 60.2 Å². The first-order valence-electron chi connectivity index (χ1n) is 7.06. The zero-order valence-electron chi connectivity index (χ0n) is 12.9. The van der Waals surface area contributed by atoms with Gasteiger partial charge < -0.3 is 5.11 Å². The second-order valence-corrected chi connectivity index (χ2v) is 6.68. The number of nitrogens with one attached hydrogen (secondary N) is 2. The molecule has 0 aliphatic carbocycles. The molecular formula is C16H17N3O4S. The summed E-state index contributed by atoms with van der Waals surface area (Å²) < 4.78 is 26.2. The Labute approximate surface area is 140 Å². The largest absolute Gasteiger partial charge is 0.508 e. The number of phenolic OH excluding ortho intramolecular Hbond substituents is 1. The highest BCUT2D eigenvalue weighted by Crippen LogP contribution is 2.10. The highest BCUT2D eigenvalue weighted by atomic mass is 32.2. The van der Waals surface area contributed by atoms with Crippen LogP contribution in [0.15, 0.2) is 64.6 Å². The normalized spacial score (nSPS) is 12.0. The van der Waals surface area contributed by atoms with Crippen molar-refractivity contribution in [3.8, 4) is 5.75 Å². The highest BCUT2D eigenvalue weighted by Gasteiger charge is 2.14. The number of hydrazone groups is 1. The predicted molar refractivity (Wildman–Crippen MR) is 90.1 cm³/mol. The molecule has 3 N–H and O–H groups in total. The molecule has 0 heterocycles. The fourth-order valence-corrected chi connectivity index (χ4v) is 2.80. The molecule has 0 spiro atoms. The van der Waals surface area contributed by atoms with Gasteiger partial charge in [0.2, 0.25) is 10.0 Å². The van der Waals surface area contributed by atoms with Crippen LogP contribution < -0.4 is 10.1 Å². The molecule has 0 bridgehead atoms. The summed E-state index contributed by atoms with van der Waals surface area (Å²) in [4.78, 5) is 11.8. The smallest absolute Gasteiger partial charge is 0.255 e. The second-order valence-electron chi connectivity index (χ2n) is 4.92. The molecule has 2 rings (SSSR count). The van der Waals surface area contributed by atoms with Crippen molar-refractivity contribution in [1.82, 2.24) is 10.1 Å². The van der Waals surface area contributed by atoms with Gasteiger partial charge in [0.15, 0.2) is 0 Å². The molecule has 1 amide bonds. The van der Waals surface area contributed by atoms with Crippen LogP contribution in [0.3, 0.4) is 0 Å². The van der Waals surface area contributed by atoms with Crippen LogP contribution >= 0.6 is 0 Å². The van der Waals surface area contributed by atoms with Gasteiger partial charge in [0.05, 0.1) is 17.2 Å². The molecule has 0 unspecified atom stereocenters. The van der Waals surface area contributed by atoms with E-state index in [4.69, 9.17) is 0 Å². The molecule has 0 saturated heterocycles. The van der Waals surface area contributed by atoms with Gasteiger partial charge in [-0.05, 0) is 48.9 Å². The Morgan fingerprint density at radius 3 is 2.33 bits per heavy atom. The highest BCUT2D eigenvalue weighted by molar-refractivity contribution is 7.89. The fourth-order valence-electron chi connectivity index (χ4n) is 1.80. The van der Waals surface area contributed by atoms with Crippen LogP contribution in [0, 0.1) is 0 Å². The molecule has 0 atom stereocenters. The van der Waals surface area contributed by atoms with E-state index in [1.807, 2.05) is 0 Å². The maximum Gasteiger partial charge on any atom is 0.255 e. The number of aromatic hydroxyl groups is 1. The van der Waals surface area contributed by atoms with E-state index in [2.05, 4.69) is 15.2 Å². The summed E-state index contributed by atoms with van der Waals surface area (Å²) in [5.74, 6) is -0.460. The number of carbonyl (C=O) groups excluding carboxylic acids is 1. The van der Waals surface area contributed by atoms with E-state index in [1.54, 1.807) is 37.3 Å². The van der Waals surface area contributed by atoms with Crippen LogP contribution in [0.4, 0.5) is 0 Å². The van der Waals surface area contributed by atoms with Gasteiger partial charge in [-0.25, -0.2) is 18.6 Å². The van der Waals surface area contributed by atoms with Gasteiger partial charge in [0.25, 0.3) is 5.91 Å². The minimum atomic E-state index is -3.74. The SMILES string of the molecule is C/C(=N\NC(=O)CNS(=O)(=O)c1ccccc1)c1ccc(O)cc1. The lowest BCUT2D eigenvalue weighted by atomic mass is 10.1. The Morgan fingerprint density at radius 1 is 1.08 bits per heavy atom. The van der Waals surface area contributed by atoms with Crippen LogP contribution in [-0.2, 0) is 14.8 Å². The molecule has 0 radical (unpaired) electrons. The third kappa shape index (κ3) is 4.90. The molecule has 0 aliphatic heterocycles. The Morgan fingerprint density at radius 2 is 1.71 bits per heavy atom. The number of carbonyl (C=O) groups is 1. The average molecular weight is 347 g/mol. The molecule has 2 aromatic rings. The van der Waals surface area contributed by atoms with Crippen LogP contribution in [-0.4, -0.2) is 31.7 Å². The summed E-state index contributed by atoms with van der Waals surface area (Å²) in [7, 11) is -3.74. The van der Waals surface area contributed by atoms with E-state index in [1.165, 1.54) is 24.3 Å². The van der Waals surface area contributed by atoms with Crippen LogP contribution in [0.25, 0.3) is 0 Å². The Balaban J connectivity index is 1.91. The number of phenols is 1. The lowest BCUT2D eigenvalue weighted by molar-refractivity contribution is -0.119. The zero-order chi connectivity index (χ0) is 17.6. The van der Waals surface area contributed by atoms with Gasteiger partial charge in [-0.1, -0.05) is 18.2 Å². The van der Waals surface area contributed by atoms with E-state index in [0.717, 1.165) is 5.56 Å². The minimum Gasteiger partial charge on any atom is -0.508 e. The average Bonchev–Trinajstić information content (AvgIpc) is 2.59. The van der Waals surface area contributed by atoms with Crippen LogP contribution in [0.5, 0.6) is 5.75 Å². The Bertz CT molecular complexity index is 831. The topological polar surface area (TPSA) is 108 Å².